The van der Waals surface area contributed by atoms with Gasteiger partial charge in [-0.3, -0.25) is 14.4 Å². The number of nitrogens with one attached hydrogen (secondary N) is 2. The number of hydrogen-bond donors (Lipinski definition) is 4. The van der Waals surface area contributed by atoms with Gasteiger partial charge in [0.25, 0.3) is 17.6 Å². The summed E-state index contributed by atoms with van der Waals surface area (Å²) >= 11 is 0. The summed E-state index contributed by atoms with van der Waals surface area (Å²) in [5.41, 5.74) is 1.89. The van der Waals surface area contributed by atoms with Gasteiger partial charge in [0.05, 0.1) is 24.0 Å². The van der Waals surface area contributed by atoms with Gasteiger partial charge in [0.15, 0.2) is 0 Å². The van der Waals surface area contributed by atoms with Crippen LogP contribution in [0.4, 0.5) is 10.1 Å². The molecule has 0 radical (unpaired) electrons. The number of aliphatic hydroxyl groups is 2. The van der Waals surface area contributed by atoms with E-state index in [1.807, 2.05) is 0 Å². The summed E-state index contributed by atoms with van der Waals surface area (Å²) in [5.74, 6) is -2.56. The third kappa shape index (κ3) is 4.58. The van der Waals surface area contributed by atoms with Crippen LogP contribution in [-0.2, 0) is 17.8 Å². The summed E-state index contributed by atoms with van der Waals surface area (Å²) in [6, 6.07) is 5.63. The Kier molecular flexibility index (Phi) is 6.63. The molecule has 1 atom stereocenters. The maximum Gasteiger partial charge on any atom is 0.294 e. The lowest BCUT2D eigenvalue weighted by atomic mass is 10.1. The molecule has 30 heavy (non-hydrogen) atoms. The van der Waals surface area contributed by atoms with Gasteiger partial charge in [-0.05, 0) is 56.0 Å². The number of carbonyl (C=O) groups is 3. The molecule has 2 amide bonds. The fourth-order valence-corrected chi connectivity index (χ4v) is 3.45. The van der Waals surface area contributed by atoms with Crippen LogP contribution in [0, 0.1) is 12.7 Å². The van der Waals surface area contributed by atoms with Gasteiger partial charge in [-0.25, -0.2) is 4.39 Å². The van der Waals surface area contributed by atoms with Crippen molar-refractivity contribution in [3.63, 3.8) is 0 Å². The van der Waals surface area contributed by atoms with Crippen LogP contribution in [0.5, 0.6) is 0 Å². The van der Waals surface area contributed by atoms with Crippen LogP contribution in [0.3, 0.4) is 0 Å². The average Bonchev–Trinajstić information content (AvgIpc) is 3.13. The second-order valence-electron chi connectivity index (χ2n) is 7.29. The zero-order chi connectivity index (χ0) is 21.8. The first-order chi connectivity index (χ1) is 14.3. The van der Waals surface area contributed by atoms with Gasteiger partial charge in [0, 0.05) is 24.5 Å². The quantitative estimate of drug-likeness (QED) is 0.398. The predicted octanol–water partition coefficient (Wildman–Crippen LogP) is 1.18. The molecule has 0 unspecified atom stereocenters. The van der Waals surface area contributed by atoms with E-state index in [0.29, 0.717) is 35.5 Å². The first kappa shape index (κ1) is 21.7. The highest BCUT2D eigenvalue weighted by atomic mass is 19.1. The first-order valence-electron chi connectivity index (χ1n) is 9.73. The molecule has 9 heteroatoms. The van der Waals surface area contributed by atoms with Gasteiger partial charge in [-0.1, -0.05) is 0 Å². The third-order valence-corrected chi connectivity index (χ3v) is 5.06. The van der Waals surface area contributed by atoms with E-state index in [0.717, 1.165) is 12.8 Å². The number of Topliss-reactive ketones (excluding diaryl/α,β-unsaturated/α-hetero) is 1. The summed E-state index contributed by atoms with van der Waals surface area (Å²) < 4.78 is 15.1. The number of aliphatic hydroxyl groups excluding tert-OH is 2. The highest BCUT2D eigenvalue weighted by Crippen LogP contribution is 2.25. The number of benzene rings is 1. The van der Waals surface area contributed by atoms with E-state index in [2.05, 4.69) is 10.6 Å². The second-order valence-corrected chi connectivity index (χ2v) is 7.29. The number of rotatable bonds is 7. The Morgan fingerprint density at radius 3 is 2.70 bits per heavy atom. The molecule has 1 aromatic heterocycles. The van der Waals surface area contributed by atoms with Crippen LogP contribution in [0.15, 0.2) is 24.3 Å². The van der Waals surface area contributed by atoms with Gasteiger partial charge < -0.3 is 25.4 Å². The Morgan fingerprint density at radius 2 is 2.00 bits per heavy atom. The van der Waals surface area contributed by atoms with Crippen molar-refractivity contribution in [2.45, 2.75) is 38.8 Å². The predicted molar refractivity (Wildman–Crippen MR) is 107 cm³/mol. The summed E-state index contributed by atoms with van der Waals surface area (Å²) in [5, 5.41) is 23.2. The molecule has 1 aromatic carbocycles. The van der Waals surface area contributed by atoms with E-state index >= 15 is 0 Å². The van der Waals surface area contributed by atoms with E-state index in [9.17, 15) is 23.9 Å². The van der Waals surface area contributed by atoms with Gasteiger partial charge >= 0.3 is 0 Å². The lowest BCUT2D eigenvalue weighted by Gasteiger charge is -2.18. The van der Waals surface area contributed by atoms with Crippen LogP contribution in [0.2, 0.25) is 0 Å². The van der Waals surface area contributed by atoms with Crippen molar-refractivity contribution in [1.82, 2.24) is 9.88 Å². The lowest BCUT2D eigenvalue weighted by Crippen LogP contribution is -2.38. The molecular formula is C21H24FN3O5. The third-order valence-electron chi connectivity index (χ3n) is 5.06. The molecule has 8 nitrogen and oxygen atoms in total. The molecule has 3 rings (SSSR count). The molecular weight excluding hydrogens is 393 g/mol. The van der Waals surface area contributed by atoms with Crippen molar-refractivity contribution >= 4 is 23.3 Å². The molecule has 0 aliphatic carbocycles. The van der Waals surface area contributed by atoms with E-state index in [-0.39, 0.29) is 18.1 Å². The maximum absolute atomic E-state index is 13.5. The van der Waals surface area contributed by atoms with Gasteiger partial charge in [-0.2, -0.15) is 0 Å². The van der Waals surface area contributed by atoms with Crippen molar-refractivity contribution < 1.29 is 29.0 Å². The summed E-state index contributed by atoms with van der Waals surface area (Å²) in [6.45, 7) is 1.30. The number of ketones is 1. The van der Waals surface area contributed by atoms with Gasteiger partial charge in [-0.15, -0.1) is 0 Å². The van der Waals surface area contributed by atoms with Gasteiger partial charge in [0.2, 0.25) is 0 Å². The van der Waals surface area contributed by atoms with Crippen molar-refractivity contribution in [1.29, 1.82) is 0 Å². The van der Waals surface area contributed by atoms with E-state index in [1.54, 1.807) is 11.5 Å². The molecule has 2 heterocycles. The van der Waals surface area contributed by atoms with E-state index < -0.39 is 30.3 Å². The number of halogens is 1. The topological polar surface area (TPSA) is 121 Å². The normalized spacial score (nSPS) is 14.0. The average molecular weight is 417 g/mol. The number of nitrogens with zero attached hydrogens (tertiary/aromatic N) is 1. The molecule has 0 spiro atoms. The number of aryl methyl sites for hydroxylation is 1. The zero-order valence-electron chi connectivity index (χ0n) is 16.6. The van der Waals surface area contributed by atoms with Crippen LogP contribution in [0.25, 0.3) is 0 Å². The Balaban J connectivity index is 1.84. The molecule has 2 aromatic rings. The number of fused-ring (bicyclic) bond motifs is 1. The van der Waals surface area contributed by atoms with Crippen LogP contribution < -0.4 is 10.6 Å². The van der Waals surface area contributed by atoms with E-state index in [4.69, 9.17) is 5.11 Å². The SMILES string of the molecule is Cc1cc(NC(=O)c2cc(C(=O)C(=O)NC[C@H](O)CO)n3c2CCCC3)ccc1F. The summed E-state index contributed by atoms with van der Waals surface area (Å²) in [4.78, 5) is 37.7. The highest BCUT2D eigenvalue weighted by molar-refractivity contribution is 6.42. The molecule has 0 bridgehead atoms. The first-order valence-corrected chi connectivity index (χ1v) is 9.73. The summed E-state index contributed by atoms with van der Waals surface area (Å²) in [6.07, 6.45) is 1.08. The fraction of sp³-hybridized carbons (Fsp3) is 0.381. The Morgan fingerprint density at radius 1 is 1.23 bits per heavy atom. The minimum atomic E-state index is -1.16. The molecule has 0 saturated carbocycles. The number of carbonyl (C=O) groups excluding carboxylic acids is 3. The van der Waals surface area contributed by atoms with Crippen LogP contribution in [0.1, 0.15) is 44.9 Å². The Hall–Kier alpha value is -3.04. The smallest absolute Gasteiger partial charge is 0.294 e. The van der Waals surface area contributed by atoms with Crippen molar-refractivity contribution in [2.75, 3.05) is 18.5 Å². The number of aromatic nitrogens is 1. The molecule has 1 aliphatic rings. The molecule has 1 aliphatic heterocycles. The minimum Gasteiger partial charge on any atom is -0.394 e. The van der Waals surface area contributed by atoms with Gasteiger partial charge in [0.1, 0.15) is 5.82 Å². The fourth-order valence-electron chi connectivity index (χ4n) is 3.45. The number of hydrogen-bond acceptors (Lipinski definition) is 5. The van der Waals surface area contributed by atoms with Crippen molar-refractivity contribution in [2.24, 2.45) is 0 Å². The standard InChI is InChI=1S/C21H24FN3O5/c1-12-8-13(5-6-16(12)22)24-20(29)15-9-18(25-7-3-2-4-17(15)25)19(28)21(30)23-10-14(27)11-26/h5-6,8-9,14,26-27H,2-4,7,10-11H2,1H3,(H,23,30)(H,24,29)/t14-/m0/s1. The zero-order valence-corrected chi connectivity index (χ0v) is 16.6. The number of anilines is 1. The largest absolute Gasteiger partial charge is 0.394 e. The second kappa shape index (κ2) is 9.19. The molecule has 0 saturated heterocycles. The lowest BCUT2D eigenvalue weighted by molar-refractivity contribution is -0.117. The molecule has 0 fully saturated rings. The summed E-state index contributed by atoms with van der Waals surface area (Å²) in [7, 11) is 0. The molecule has 4 N–H and O–H groups in total. The van der Waals surface area contributed by atoms with Crippen molar-refractivity contribution in [3.05, 3.63) is 52.6 Å². The van der Waals surface area contributed by atoms with E-state index in [1.165, 1.54) is 24.3 Å². The maximum atomic E-state index is 13.5. The monoisotopic (exact) mass is 417 g/mol. The number of amides is 2. The Bertz CT molecular complexity index is 985. The molecule has 160 valence electrons. The van der Waals surface area contributed by atoms with Crippen LogP contribution >= 0.6 is 0 Å². The Labute approximate surface area is 172 Å². The van der Waals surface area contributed by atoms with Crippen molar-refractivity contribution in [3.8, 4) is 0 Å². The minimum absolute atomic E-state index is 0.0983. The van der Waals surface area contributed by atoms with Crippen LogP contribution in [-0.4, -0.2) is 51.6 Å². The highest BCUT2D eigenvalue weighted by Gasteiger charge is 2.28.